The molecular formula is C12H13N3O4. The van der Waals surface area contributed by atoms with Crippen LogP contribution in [0.15, 0.2) is 12.1 Å². The highest BCUT2D eigenvalue weighted by Crippen LogP contribution is 2.26. The van der Waals surface area contributed by atoms with Gasteiger partial charge in [0.25, 0.3) is 5.69 Å². The molecule has 0 spiro atoms. The van der Waals surface area contributed by atoms with Gasteiger partial charge in [0, 0.05) is 6.07 Å². The van der Waals surface area contributed by atoms with Crippen LogP contribution in [0, 0.1) is 28.4 Å². The summed E-state index contributed by atoms with van der Waals surface area (Å²) in [5.41, 5.74) is -1.45. The minimum absolute atomic E-state index is 0.136. The van der Waals surface area contributed by atoms with Gasteiger partial charge in [-0.1, -0.05) is 0 Å². The molecule has 0 amide bonds. The summed E-state index contributed by atoms with van der Waals surface area (Å²) in [7, 11) is 0. The molecule has 7 heteroatoms. The zero-order chi connectivity index (χ0) is 14.6. The number of nitro groups is 1. The van der Waals surface area contributed by atoms with Crippen LogP contribution in [0.5, 0.6) is 0 Å². The van der Waals surface area contributed by atoms with Crippen molar-refractivity contribution in [1.29, 1.82) is 5.26 Å². The molecule has 0 aromatic carbocycles. The third-order valence-corrected chi connectivity index (χ3v) is 2.67. The van der Waals surface area contributed by atoms with Crippen LogP contribution in [0.2, 0.25) is 0 Å². The average Bonchev–Trinajstić information content (AvgIpc) is 2.37. The zero-order valence-electron chi connectivity index (χ0n) is 10.8. The Morgan fingerprint density at radius 1 is 1.63 bits per heavy atom. The van der Waals surface area contributed by atoms with Gasteiger partial charge in [-0.15, -0.1) is 0 Å². The van der Waals surface area contributed by atoms with Crippen molar-refractivity contribution in [3.63, 3.8) is 0 Å². The zero-order valence-corrected chi connectivity index (χ0v) is 10.8. The summed E-state index contributed by atoms with van der Waals surface area (Å²) in [5.74, 6) is -0.724. The van der Waals surface area contributed by atoms with Gasteiger partial charge in [0.1, 0.15) is 5.69 Å². The summed E-state index contributed by atoms with van der Waals surface area (Å²) < 4.78 is 4.83. The molecule has 1 unspecified atom stereocenters. The van der Waals surface area contributed by atoms with Crippen LogP contribution in [0.25, 0.3) is 0 Å². The molecule has 0 fully saturated rings. The molecule has 1 atom stereocenters. The first-order valence-corrected chi connectivity index (χ1v) is 5.57. The third-order valence-electron chi connectivity index (χ3n) is 2.67. The van der Waals surface area contributed by atoms with Gasteiger partial charge >= 0.3 is 5.97 Å². The number of hydrogen-bond donors (Lipinski definition) is 0. The number of nitrogens with zero attached hydrogens (tertiary/aromatic N) is 3. The van der Waals surface area contributed by atoms with Crippen LogP contribution in [0.1, 0.15) is 25.2 Å². The highest BCUT2D eigenvalue weighted by Gasteiger charge is 2.39. The summed E-state index contributed by atoms with van der Waals surface area (Å²) >= 11 is 0. The standard InChI is InChI=1S/C12H13N3O4/c1-4-19-11(16)12(3,7-13)10-6-5-9(15(17)18)8(2)14-10/h5-6H,4H2,1-3H3. The first kappa shape index (κ1) is 14.6. The van der Waals surface area contributed by atoms with Gasteiger partial charge < -0.3 is 4.74 Å². The fourth-order valence-corrected chi connectivity index (χ4v) is 1.51. The van der Waals surface area contributed by atoms with Crippen LogP contribution < -0.4 is 0 Å². The highest BCUT2D eigenvalue weighted by atomic mass is 16.6. The van der Waals surface area contributed by atoms with Gasteiger partial charge in [0.05, 0.1) is 23.3 Å². The fraction of sp³-hybridized carbons (Fsp3) is 0.417. The van der Waals surface area contributed by atoms with Gasteiger partial charge in [-0.3, -0.25) is 10.1 Å². The number of pyridine rings is 1. The van der Waals surface area contributed by atoms with Gasteiger partial charge in [-0.25, -0.2) is 9.78 Å². The van der Waals surface area contributed by atoms with Crippen LogP contribution >= 0.6 is 0 Å². The van der Waals surface area contributed by atoms with E-state index in [1.165, 1.54) is 26.0 Å². The van der Waals surface area contributed by atoms with E-state index in [9.17, 15) is 20.2 Å². The summed E-state index contributed by atoms with van der Waals surface area (Å²) in [6.45, 7) is 4.59. The van der Waals surface area contributed by atoms with Crippen molar-refractivity contribution in [3.8, 4) is 6.07 Å². The van der Waals surface area contributed by atoms with E-state index in [-0.39, 0.29) is 23.7 Å². The first-order chi connectivity index (χ1) is 8.86. The summed E-state index contributed by atoms with van der Waals surface area (Å²) in [6.07, 6.45) is 0. The molecule has 0 aliphatic rings. The SMILES string of the molecule is CCOC(=O)C(C)(C#N)c1ccc([N+](=O)[O-])c(C)n1. The quantitative estimate of drug-likeness (QED) is 0.464. The number of carbonyl (C=O) groups is 1. The molecule has 7 nitrogen and oxygen atoms in total. The Morgan fingerprint density at radius 3 is 2.68 bits per heavy atom. The fourth-order valence-electron chi connectivity index (χ4n) is 1.51. The molecule has 100 valence electrons. The number of aryl methyl sites for hydroxylation is 1. The maximum atomic E-state index is 11.8. The minimum Gasteiger partial charge on any atom is -0.465 e. The first-order valence-electron chi connectivity index (χ1n) is 5.57. The summed E-state index contributed by atoms with van der Waals surface area (Å²) in [4.78, 5) is 25.9. The number of ether oxygens (including phenoxy) is 1. The average molecular weight is 263 g/mol. The third kappa shape index (κ3) is 2.68. The van der Waals surface area contributed by atoms with E-state index < -0.39 is 16.3 Å². The molecule has 0 aliphatic heterocycles. The van der Waals surface area contributed by atoms with Crippen molar-refractivity contribution < 1.29 is 14.5 Å². The highest BCUT2D eigenvalue weighted by molar-refractivity contribution is 5.85. The number of nitriles is 1. The Kier molecular flexibility index (Phi) is 4.17. The molecule has 1 aromatic heterocycles. The van der Waals surface area contributed by atoms with Crippen molar-refractivity contribution in [3.05, 3.63) is 33.6 Å². The number of carbonyl (C=O) groups excluding carboxylic acids is 1. The molecule has 1 aromatic rings. The maximum absolute atomic E-state index is 11.8. The smallest absolute Gasteiger partial charge is 0.332 e. The monoisotopic (exact) mass is 263 g/mol. The van der Waals surface area contributed by atoms with Crippen molar-refractivity contribution in [2.45, 2.75) is 26.2 Å². The number of esters is 1. The normalized spacial score (nSPS) is 13.2. The molecule has 0 radical (unpaired) electrons. The molecule has 0 N–H and O–H groups in total. The minimum atomic E-state index is -1.57. The van der Waals surface area contributed by atoms with Crippen LogP contribution in [0.4, 0.5) is 5.69 Å². The second kappa shape index (κ2) is 5.44. The number of rotatable bonds is 4. The number of aromatic nitrogens is 1. The van der Waals surface area contributed by atoms with E-state index in [0.717, 1.165) is 0 Å². The Bertz CT molecular complexity index is 565. The van der Waals surface area contributed by atoms with E-state index >= 15 is 0 Å². The van der Waals surface area contributed by atoms with E-state index in [0.29, 0.717) is 0 Å². The van der Waals surface area contributed by atoms with E-state index in [1.807, 2.05) is 6.07 Å². The van der Waals surface area contributed by atoms with Gasteiger partial charge in [0.15, 0.2) is 5.41 Å². The Labute approximate surface area is 110 Å². The lowest BCUT2D eigenvalue weighted by atomic mass is 9.88. The molecule has 19 heavy (non-hydrogen) atoms. The lowest BCUT2D eigenvalue weighted by molar-refractivity contribution is -0.385. The van der Waals surface area contributed by atoms with Crippen molar-refractivity contribution in [1.82, 2.24) is 4.98 Å². The van der Waals surface area contributed by atoms with Gasteiger partial charge in [-0.05, 0) is 26.8 Å². The Morgan fingerprint density at radius 2 is 2.26 bits per heavy atom. The van der Waals surface area contributed by atoms with Crippen LogP contribution in [-0.4, -0.2) is 22.5 Å². The largest absolute Gasteiger partial charge is 0.465 e. The second-order valence-corrected chi connectivity index (χ2v) is 4.02. The van der Waals surface area contributed by atoms with Crippen LogP contribution in [-0.2, 0) is 14.9 Å². The topological polar surface area (TPSA) is 106 Å². The van der Waals surface area contributed by atoms with E-state index in [1.54, 1.807) is 6.92 Å². The molecular weight excluding hydrogens is 250 g/mol. The Balaban J connectivity index is 3.28. The maximum Gasteiger partial charge on any atom is 0.332 e. The van der Waals surface area contributed by atoms with Crippen molar-refractivity contribution in [2.75, 3.05) is 6.61 Å². The lowest BCUT2D eigenvalue weighted by Gasteiger charge is -2.18. The molecule has 1 rings (SSSR count). The lowest BCUT2D eigenvalue weighted by Crippen LogP contribution is -2.34. The summed E-state index contributed by atoms with van der Waals surface area (Å²) in [5, 5.41) is 19.9. The molecule has 0 saturated carbocycles. The number of hydrogen-bond acceptors (Lipinski definition) is 6. The second-order valence-electron chi connectivity index (χ2n) is 4.02. The van der Waals surface area contributed by atoms with Gasteiger partial charge in [-0.2, -0.15) is 5.26 Å². The predicted octanol–water partition coefficient (Wildman–Crippen LogP) is 1.64. The van der Waals surface area contributed by atoms with E-state index in [4.69, 9.17) is 4.74 Å². The summed E-state index contributed by atoms with van der Waals surface area (Å²) in [6, 6.07) is 4.37. The predicted molar refractivity (Wildman–Crippen MR) is 65.2 cm³/mol. The van der Waals surface area contributed by atoms with Crippen molar-refractivity contribution >= 4 is 11.7 Å². The van der Waals surface area contributed by atoms with Crippen LogP contribution in [0.3, 0.4) is 0 Å². The van der Waals surface area contributed by atoms with Gasteiger partial charge in [0.2, 0.25) is 0 Å². The van der Waals surface area contributed by atoms with E-state index in [2.05, 4.69) is 4.98 Å². The van der Waals surface area contributed by atoms with Crippen molar-refractivity contribution in [2.24, 2.45) is 0 Å². The molecule has 0 aliphatic carbocycles. The molecule has 1 heterocycles. The Hall–Kier alpha value is -2.49. The molecule has 0 bridgehead atoms. The molecule has 0 saturated heterocycles.